The van der Waals surface area contributed by atoms with Crippen LogP contribution >= 0.6 is 0 Å². The van der Waals surface area contributed by atoms with Gasteiger partial charge in [-0.2, -0.15) is 0 Å². The van der Waals surface area contributed by atoms with Gasteiger partial charge in [0.1, 0.15) is 0 Å². The molecule has 5 nitrogen and oxygen atoms in total. The monoisotopic (exact) mass is 336 g/mol. The number of piperidine rings is 1. The standard InChI is InChI=1S/C20H24N4O/c1-13-9-16-10-14(4-7-19(16)23-13)18-6-5-15(11-22-18)20(25)24-17-3-2-8-21-12-17/h4-7,10-11,13,17,21,23H,2-3,8-9,12H2,1H3,(H,24,25)/t13-,17?/m1/s1. The van der Waals surface area contributed by atoms with E-state index < -0.39 is 0 Å². The first kappa shape index (κ1) is 16.1. The smallest absolute Gasteiger partial charge is 0.253 e. The highest BCUT2D eigenvalue weighted by atomic mass is 16.1. The van der Waals surface area contributed by atoms with E-state index in [1.165, 1.54) is 11.3 Å². The fourth-order valence-electron chi connectivity index (χ4n) is 3.65. The third kappa shape index (κ3) is 3.51. The molecule has 0 aliphatic carbocycles. The minimum absolute atomic E-state index is 0.0419. The van der Waals surface area contributed by atoms with Gasteiger partial charge in [-0.1, -0.05) is 6.07 Å². The van der Waals surface area contributed by atoms with E-state index in [-0.39, 0.29) is 11.9 Å². The molecule has 1 fully saturated rings. The number of hydrogen-bond acceptors (Lipinski definition) is 4. The number of hydrogen-bond donors (Lipinski definition) is 3. The summed E-state index contributed by atoms with van der Waals surface area (Å²) in [6.45, 7) is 4.07. The van der Waals surface area contributed by atoms with Crippen LogP contribution in [0.15, 0.2) is 36.5 Å². The van der Waals surface area contributed by atoms with E-state index in [9.17, 15) is 4.79 Å². The van der Waals surface area contributed by atoms with Gasteiger partial charge in [0, 0.05) is 36.1 Å². The normalized spacial score (nSPS) is 22.1. The summed E-state index contributed by atoms with van der Waals surface area (Å²) < 4.78 is 0. The average Bonchev–Trinajstić information content (AvgIpc) is 3.02. The van der Waals surface area contributed by atoms with E-state index in [0.29, 0.717) is 11.6 Å². The van der Waals surface area contributed by atoms with Crippen molar-refractivity contribution in [1.29, 1.82) is 0 Å². The Morgan fingerprint density at radius 1 is 1.28 bits per heavy atom. The van der Waals surface area contributed by atoms with Gasteiger partial charge >= 0.3 is 0 Å². The quantitative estimate of drug-likeness (QED) is 0.806. The summed E-state index contributed by atoms with van der Waals surface area (Å²) in [7, 11) is 0. The Kier molecular flexibility index (Phi) is 4.40. The van der Waals surface area contributed by atoms with E-state index in [1.54, 1.807) is 6.20 Å². The minimum Gasteiger partial charge on any atom is -0.382 e. The van der Waals surface area contributed by atoms with E-state index in [4.69, 9.17) is 0 Å². The first-order valence-electron chi connectivity index (χ1n) is 9.06. The third-order valence-electron chi connectivity index (χ3n) is 4.99. The van der Waals surface area contributed by atoms with Crippen molar-refractivity contribution in [3.63, 3.8) is 0 Å². The van der Waals surface area contributed by atoms with Crippen LogP contribution in [-0.4, -0.2) is 36.1 Å². The topological polar surface area (TPSA) is 66.0 Å². The molecule has 3 heterocycles. The second kappa shape index (κ2) is 6.84. The molecule has 1 unspecified atom stereocenters. The molecule has 2 atom stereocenters. The SMILES string of the molecule is C[C@@H]1Cc2cc(-c3ccc(C(=O)NC4CCCNC4)cn3)ccc2N1. The van der Waals surface area contributed by atoms with Gasteiger partial charge in [-0.15, -0.1) is 0 Å². The number of anilines is 1. The number of fused-ring (bicyclic) bond motifs is 1. The van der Waals surface area contributed by atoms with Crippen molar-refractivity contribution in [1.82, 2.24) is 15.6 Å². The molecule has 2 aliphatic rings. The number of pyridine rings is 1. The van der Waals surface area contributed by atoms with Gasteiger partial charge in [-0.25, -0.2) is 0 Å². The van der Waals surface area contributed by atoms with Gasteiger partial charge < -0.3 is 16.0 Å². The molecule has 1 saturated heterocycles. The van der Waals surface area contributed by atoms with Gasteiger partial charge in [0.05, 0.1) is 11.3 Å². The Morgan fingerprint density at radius 3 is 2.96 bits per heavy atom. The first-order valence-corrected chi connectivity index (χ1v) is 9.06. The van der Waals surface area contributed by atoms with Gasteiger partial charge in [0.25, 0.3) is 5.91 Å². The average molecular weight is 336 g/mol. The van der Waals surface area contributed by atoms with Crippen molar-refractivity contribution in [2.45, 2.75) is 38.3 Å². The van der Waals surface area contributed by atoms with E-state index in [0.717, 1.165) is 43.6 Å². The van der Waals surface area contributed by atoms with Crippen LogP contribution in [0.5, 0.6) is 0 Å². The molecule has 4 rings (SSSR count). The maximum atomic E-state index is 12.4. The Hall–Kier alpha value is -2.40. The van der Waals surface area contributed by atoms with Crippen molar-refractivity contribution in [2.75, 3.05) is 18.4 Å². The van der Waals surface area contributed by atoms with Crippen LogP contribution in [0.25, 0.3) is 11.3 Å². The number of nitrogens with one attached hydrogen (secondary N) is 3. The number of carbonyl (C=O) groups excluding carboxylic acids is 1. The molecule has 2 aromatic rings. The number of aromatic nitrogens is 1. The lowest BCUT2D eigenvalue weighted by Gasteiger charge is -2.23. The van der Waals surface area contributed by atoms with E-state index in [2.05, 4.69) is 46.1 Å². The highest BCUT2D eigenvalue weighted by molar-refractivity contribution is 5.94. The predicted octanol–water partition coefficient (Wildman–Crippen LogP) is 2.59. The van der Waals surface area contributed by atoms with Crippen molar-refractivity contribution >= 4 is 11.6 Å². The van der Waals surface area contributed by atoms with Crippen molar-refractivity contribution in [3.05, 3.63) is 47.7 Å². The van der Waals surface area contributed by atoms with Gasteiger partial charge in [-0.3, -0.25) is 9.78 Å². The number of amides is 1. The highest BCUT2D eigenvalue weighted by Crippen LogP contribution is 2.30. The Morgan fingerprint density at radius 2 is 2.20 bits per heavy atom. The Bertz CT molecular complexity index is 766. The Balaban J connectivity index is 1.46. The van der Waals surface area contributed by atoms with Crippen molar-refractivity contribution in [2.24, 2.45) is 0 Å². The van der Waals surface area contributed by atoms with Crippen LogP contribution < -0.4 is 16.0 Å². The second-order valence-electron chi connectivity index (χ2n) is 7.07. The summed E-state index contributed by atoms with van der Waals surface area (Å²) in [5, 5.41) is 9.85. The van der Waals surface area contributed by atoms with E-state index >= 15 is 0 Å². The molecular weight excluding hydrogens is 312 g/mol. The van der Waals surface area contributed by atoms with Crippen LogP contribution in [0.4, 0.5) is 5.69 Å². The maximum Gasteiger partial charge on any atom is 0.253 e. The summed E-state index contributed by atoms with van der Waals surface area (Å²) in [5.41, 5.74) is 5.16. The van der Waals surface area contributed by atoms with Crippen LogP contribution in [0.1, 0.15) is 35.7 Å². The Labute approximate surface area is 148 Å². The lowest BCUT2D eigenvalue weighted by molar-refractivity contribution is 0.0930. The lowest BCUT2D eigenvalue weighted by atomic mass is 10.0. The molecule has 2 aliphatic heterocycles. The van der Waals surface area contributed by atoms with Gasteiger partial charge in [-0.05, 0) is 62.6 Å². The summed E-state index contributed by atoms with van der Waals surface area (Å²) in [5.74, 6) is -0.0419. The zero-order valence-electron chi connectivity index (χ0n) is 14.5. The zero-order chi connectivity index (χ0) is 17.2. The first-order chi connectivity index (χ1) is 12.2. The number of benzene rings is 1. The molecule has 1 aromatic heterocycles. The zero-order valence-corrected chi connectivity index (χ0v) is 14.5. The molecule has 0 radical (unpaired) electrons. The second-order valence-corrected chi connectivity index (χ2v) is 7.07. The molecule has 5 heteroatoms. The minimum atomic E-state index is -0.0419. The molecule has 130 valence electrons. The number of rotatable bonds is 3. The summed E-state index contributed by atoms with van der Waals surface area (Å²) in [6.07, 6.45) is 4.86. The summed E-state index contributed by atoms with van der Waals surface area (Å²) in [6, 6.07) is 10.9. The molecule has 25 heavy (non-hydrogen) atoms. The number of nitrogens with zero attached hydrogens (tertiary/aromatic N) is 1. The molecule has 0 spiro atoms. The fraction of sp³-hybridized carbons (Fsp3) is 0.400. The van der Waals surface area contributed by atoms with Gasteiger partial charge in [0.15, 0.2) is 0 Å². The largest absolute Gasteiger partial charge is 0.382 e. The van der Waals surface area contributed by atoms with Crippen LogP contribution in [-0.2, 0) is 6.42 Å². The summed E-state index contributed by atoms with van der Waals surface area (Å²) >= 11 is 0. The lowest BCUT2D eigenvalue weighted by Crippen LogP contribution is -2.45. The van der Waals surface area contributed by atoms with Crippen LogP contribution in [0.3, 0.4) is 0 Å². The molecule has 0 saturated carbocycles. The van der Waals surface area contributed by atoms with E-state index in [1.807, 2.05) is 12.1 Å². The highest BCUT2D eigenvalue weighted by Gasteiger charge is 2.18. The van der Waals surface area contributed by atoms with Crippen LogP contribution in [0, 0.1) is 0 Å². The fourth-order valence-corrected chi connectivity index (χ4v) is 3.65. The molecule has 1 aromatic carbocycles. The van der Waals surface area contributed by atoms with Crippen LogP contribution in [0.2, 0.25) is 0 Å². The van der Waals surface area contributed by atoms with Crippen molar-refractivity contribution < 1.29 is 4.79 Å². The van der Waals surface area contributed by atoms with Gasteiger partial charge in [0.2, 0.25) is 0 Å². The molecule has 3 N–H and O–H groups in total. The molecular formula is C20H24N4O. The molecule has 0 bridgehead atoms. The third-order valence-corrected chi connectivity index (χ3v) is 4.99. The summed E-state index contributed by atoms with van der Waals surface area (Å²) in [4.78, 5) is 16.9. The molecule has 1 amide bonds. The van der Waals surface area contributed by atoms with Crippen molar-refractivity contribution in [3.8, 4) is 11.3 Å². The predicted molar refractivity (Wildman–Crippen MR) is 99.8 cm³/mol. The number of carbonyl (C=O) groups is 1. The maximum absolute atomic E-state index is 12.4.